The maximum absolute atomic E-state index is 13.0. The first kappa shape index (κ1) is 14.6. The standard InChI is InChI=1S/C16H14FN3OS/c17-12-8-6-11(7-9-12)14-10-22-16(19-14)20(15(18)21)13-4-2-1-3-5-13/h1-10,15,21H,18H2. The number of nitrogens with zero attached hydrogens (tertiary/aromatic N) is 2. The van der Waals surface area contributed by atoms with Crippen molar-refractivity contribution < 1.29 is 9.50 Å². The molecule has 0 aliphatic heterocycles. The van der Waals surface area contributed by atoms with E-state index in [1.807, 2.05) is 35.7 Å². The van der Waals surface area contributed by atoms with E-state index in [1.165, 1.54) is 28.4 Å². The molecule has 3 aromatic rings. The summed E-state index contributed by atoms with van der Waals surface area (Å²) in [5.41, 5.74) is 7.93. The first-order valence-corrected chi connectivity index (χ1v) is 7.52. The fourth-order valence-electron chi connectivity index (χ4n) is 2.09. The number of thiazole rings is 1. The molecule has 0 amide bonds. The molecule has 1 atom stereocenters. The molecule has 0 radical (unpaired) electrons. The molecule has 0 saturated carbocycles. The highest BCUT2D eigenvalue weighted by molar-refractivity contribution is 7.14. The summed E-state index contributed by atoms with van der Waals surface area (Å²) in [4.78, 5) is 6.03. The number of aliphatic hydroxyl groups is 1. The fourth-order valence-corrected chi connectivity index (χ4v) is 2.98. The lowest BCUT2D eigenvalue weighted by atomic mass is 10.2. The lowest BCUT2D eigenvalue weighted by molar-refractivity contribution is 0.189. The molecule has 0 aliphatic rings. The van der Waals surface area contributed by atoms with Crippen LogP contribution in [0.2, 0.25) is 0 Å². The molecular weight excluding hydrogens is 301 g/mol. The summed E-state index contributed by atoms with van der Waals surface area (Å²) in [6.07, 6.45) is -1.20. The smallest absolute Gasteiger partial charge is 0.193 e. The summed E-state index contributed by atoms with van der Waals surface area (Å²) >= 11 is 1.36. The topological polar surface area (TPSA) is 62.4 Å². The summed E-state index contributed by atoms with van der Waals surface area (Å²) in [6, 6.07) is 15.4. The van der Waals surface area contributed by atoms with Gasteiger partial charge < -0.3 is 5.11 Å². The first-order chi connectivity index (χ1) is 10.6. The van der Waals surface area contributed by atoms with Crippen molar-refractivity contribution in [1.82, 2.24) is 4.98 Å². The fraction of sp³-hybridized carbons (Fsp3) is 0.0625. The maximum atomic E-state index is 13.0. The van der Waals surface area contributed by atoms with Crippen molar-refractivity contribution in [2.45, 2.75) is 6.35 Å². The number of hydrogen-bond donors (Lipinski definition) is 2. The number of hydrogen-bond acceptors (Lipinski definition) is 5. The van der Waals surface area contributed by atoms with E-state index in [2.05, 4.69) is 4.98 Å². The minimum atomic E-state index is -1.20. The predicted octanol–water partition coefficient (Wildman–Crippen LogP) is 3.32. The Balaban J connectivity index is 1.95. The van der Waals surface area contributed by atoms with Crippen LogP contribution in [-0.4, -0.2) is 16.4 Å². The third-order valence-corrected chi connectivity index (χ3v) is 3.98. The largest absolute Gasteiger partial charge is 0.361 e. The Morgan fingerprint density at radius 1 is 1.09 bits per heavy atom. The molecule has 22 heavy (non-hydrogen) atoms. The quantitative estimate of drug-likeness (QED) is 0.725. The van der Waals surface area contributed by atoms with Crippen molar-refractivity contribution in [3.05, 3.63) is 65.8 Å². The van der Waals surface area contributed by atoms with Crippen LogP contribution in [0, 0.1) is 5.82 Å². The van der Waals surface area contributed by atoms with Crippen LogP contribution < -0.4 is 10.6 Å². The molecule has 0 saturated heterocycles. The molecule has 2 aromatic carbocycles. The van der Waals surface area contributed by atoms with Crippen LogP contribution in [0.15, 0.2) is 60.0 Å². The van der Waals surface area contributed by atoms with Crippen molar-refractivity contribution >= 4 is 22.2 Å². The number of aliphatic hydroxyl groups excluding tert-OH is 1. The highest BCUT2D eigenvalue weighted by Crippen LogP contribution is 2.32. The van der Waals surface area contributed by atoms with Crippen LogP contribution in [0.5, 0.6) is 0 Å². The number of rotatable bonds is 4. The first-order valence-electron chi connectivity index (χ1n) is 6.64. The van der Waals surface area contributed by atoms with Crippen molar-refractivity contribution in [2.24, 2.45) is 5.73 Å². The van der Waals surface area contributed by atoms with E-state index in [0.717, 1.165) is 11.3 Å². The number of aromatic nitrogens is 1. The van der Waals surface area contributed by atoms with Crippen LogP contribution in [-0.2, 0) is 0 Å². The van der Waals surface area contributed by atoms with E-state index < -0.39 is 6.35 Å². The molecular formula is C16H14FN3OS. The second kappa shape index (κ2) is 6.23. The van der Waals surface area contributed by atoms with Gasteiger partial charge in [-0.25, -0.2) is 9.37 Å². The summed E-state index contributed by atoms with van der Waals surface area (Å²) < 4.78 is 13.0. The number of anilines is 2. The van der Waals surface area contributed by atoms with E-state index in [-0.39, 0.29) is 5.82 Å². The normalized spacial score (nSPS) is 12.1. The van der Waals surface area contributed by atoms with Gasteiger partial charge in [0, 0.05) is 16.6 Å². The Morgan fingerprint density at radius 2 is 1.77 bits per heavy atom. The van der Waals surface area contributed by atoms with Gasteiger partial charge in [0.2, 0.25) is 0 Å². The molecule has 1 heterocycles. The second-order valence-electron chi connectivity index (χ2n) is 4.64. The van der Waals surface area contributed by atoms with Crippen LogP contribution in [0.25, 0.3) is 11.3 Å². The molecule has 0 fully saturated rings. The molecule has 4 nitrogen and oxygen atoms in total. The van der Waals surface area contributed by atoms with Gasteiger partial charge in [0.05, 0.1) is 5.69 Å². The molecule has 112 valence electrons. The van der Waals surface area contributed by atoms with Gasteiger partial charge in [-0.2, -0.15) is 0 Å². The van der Waals surface area contributed by atoms with E-state index in [0.29, 0.717) is 10.8 Å². The molecule has 6 heteroatoms. The third kappa shape index (κ3) is 2.99. The zero-order valence-electron chi connectivity index (χ0n) is 11.6. The van der Waals surface area contributed by atoms with Crippen molar-refractivity contribution in [3.63, 3.8) is 0 Å². The molecule has 0 spiro atoms. The second-order valence-corrected chi connectivity index (χ2v) is 5.48. The molecule has 3 rings (SSSR count). The molecule has 0 bridgehead atoms. The van der Waals surface area contributed by atoms with Gasteiger partial charge in [0.25, 0.3) is 0 Å². The Labute approximate surface area is 131 Å². The lowest BCUT2D eigenvalue weighted by Gasteiger charge is -2.24. The number of nitrogens with two attached hydrogens (primary N) is 1. The minimum Gasteiger partial charge on any atom is -0.361 e. The van der Waals surface area contributed by atoms with Gasteiger partial charge in [0.15, 0.2) is 11.5 Å². The summed E-state index contributed by atoms with van der Waals surface area (Å²) in [7, 11) is 0. The van der Waals surface area contributed by atoms with Crippen molar-refractivity contribution in [3.8, 4) is 11.3 Å². The van der Waals surface area contributed by atoms with Crippen LogP contribution in [0.1, 0.15) is 0 Å². The summed E-state index contributed by atoms with van der Waals surface area (Å²) in [6.45, 7) is 0. The Hall–Kier alpha value is -2.28. The maximum Gasteiger partial charge on any atom is 0.193 e. The van der Waals surface area contributed by atoms with Crippen LogP contribution in [0.4, 0.5) is 15.2 Å². The van der Waals surface area contributed by atoms with Gasteiger partial charge in [-0.15, -0.1) is 11.3 Å². The zero-order valence-corrected chi connectivity index (χ0v) is 12.4. The van der Waals surface area contributed by atoms with Crippen LogP contribution >= 0.6 is 11.3 Å². The number of benzene rings is 2. The Morgan fingerprint density at radius 3 is 2.41 bits per heavy atom. The van der Waals surface area contributed by atoms with Gasteiger partial charge >= 0.3 is 0 Å². The highest BCUT2D eigenvalue weighted by Gasteiger charge is 2.18. The molecule has 1 aromatic heterocycles. The number of halogens is 1. The van der Waals surface area contributed by atoms with Crippen molar-refractivity contribution in [1.29, 1.82) is 0 Å². The third-order valence-electron chi connectivity index (χ3n) is 3.14. The zero-order chi connectivity index (χ0) is 15.5. The van der Waals surface area contributed by atoms with Gasteiger partial charge in [-0.3, -0.25) is 10.6 Å². The van der Waals surface area contributed by atoms with Gasteiger partial charge in [-0.05, 0) is 36.4 Å². The van der Waals surface area contributed by atoms with E-state index in [9.17, 15) is 9.50 Å². The lowest BCUT2D eigenvalue weighted by Crippen LogP contribution is -2.38. The minimum absolute atomic E-state index is 0.289. The molecule has 3 N–H and O–H groups in total. The molecule has 0 aliphatic carbocycles. The average molecular weight is 315 g/mol. The SMILES string of the molecule is NC(O)N(c1ccccc1)c1nc(-c2ccc(F)cc2)cs1. The van der Waals surface area contributed by atoms with Gasteiger partial charge in [-0.1, -0.05) is 18.2 Å². The Bertz CT molecular complexity index is 744. The number of para-hydroxylation sites is 1. The monoisotopic (exact) mass is 315 g/mol. The average Bonchev–Trinajstić information content (AvgIpc) is 2.98. The van der Waals surface area contributed by atoms with E-state index >= 15 is 0 Å². The van der Waals surface area contributed by atoms with E-state index in [1.54, 1.807) is 12.1 Å². The molecule has 1 unspecified atom stereocenters. The van der Waals surface area contributed by atoms with Crippen LogP contribution in [0.3, 0.4) is 0 Å². The summed E-state index contributed by atoms with van der Waals surface area (Å²) in [5.74, 6) is -0.289. The van der Waals surface area contributed by atoms with E-state index in [4.69, 9.17) is 5.73 Å². The highest BCUT2D eigenvalue weighted by atomic mass is 32.1. The van der Waals surface area contributed by atoms with Gasteiger partial charge in [0.1, 0.15) is 5.82 Å². The van der Waals surface area contributed by atoms with Crippen molar-refractivity contribution in [2.75, 3.05) is 4.90 Å². The predicted molar refractivity (Wildman–Crippen MR) is 86.3 cm³/mol. The Kier molecular flexibility index (Phi) is 4.15. The summed E-state index contributed by atoms with van der Waals surface area (Å²) in [5, 5.41) is 12.3.